The molecule has 0 bridgehead atoms. The summed E-state index contributed by atoms with van der Waals surface area (Å²) in [5.41, 5.74) is 1.39. The first-order valence-corrected chi connectivity index (χ1v) is 8.68. The van der Waals surface area contributed by atoms with Gasteiger partial charge in [-0.3, -0.25) is 0 Å². The van der Waals surface area contributed by atoms with Gasteiger partial charge in [0.25, 0.3) is 0 Å². The predicted molar refractivity (Wildman–Crippen MR) is 89.6 cm³/mol. The van der Waals surface area contributed by atoms with E-state index in [1.165, 1.54) is 16.9 Å². The lowest BCUT2D eigenvalue weighted by Crippen LogP contribution is -2.13. The fourth-order valence-corrected chi connectivity index (χ4v) is 4.71. The largest absolute Gasteiger partial charge is 0.127 e. The predicted octanol–water partition coefficient (Wildman–Crippen LogP) is 6.67. The fraction of sp³-hybridized carbons (Fsp3) is 0.375. The van der Waals surface area contributed by atoms with Crippen molar-refractivity contribution in [2.24, 2.45) is 5.92 Å². The van der Waals surface area contributed by atoms with E-state index >= 15 is 0 Å². The summed E-state index contributed by atoms with van der Waals surface area (Å²) in [5.74, 6) is 1.09. The second kappa shape index (κ2) is 6.92. The molecule has 19 heavy (non-hydrogen) atoms. The van der Waals surface area contributed by atoms with E-state index in [9.17, 15) is 0 Å². The van der Waals surface area contributed by atoms with Crippen molar-refractivity contribution in [2.45, 2.75) is 31.0 Å². The SMILES string of the molecule is CCC(C)C(c1ccccc1)C(Br)c1ccc(Cl)s1. The summed E-state index contributed by atoms with van der Waals surface area (Å²) < 4.78 is 0.857. The highest BCUT2D eigenvalue weighted by molar-refractivity contribution is 9.09. The van der Waals surface area contributed by atoms with Gasteiger partial charge < -0.3 is 0 Å². The van der Waals surface area contributed by atoms with Crippen molar-refractivity contribution in [3.63, 3.8) is 0 Å². The first-order valence-electron chi connectivity index (χ1n) is 6.57. The minimum Gasteiger partial charge on any atom is -0.127 e. The molecule has 0 N–H and O–H groups in total. The van der Waals surface area contributed by atoms with Crippen LogP contribution in [0.4, 0.5) is 0 Å². The lowest BCUT2D eigenvalue weighted by atomic mass is 9.83. The van der Waals surface area contributed by atoms with Gasteiger partial charge in [0.05, 0.1) is 9.16 Å². The third kappa shape index (κ3) is 3.62. The molecule has 3 atom stereocenters. The van der Waals surface area contributed by atoms with Gasteiger partial charge in [-0.1, -0.05) is 78.1 Å². The maximum Gasteiger partial charge on any atom is 0.0931 e. The van der Waals surface area contributed by atoms with Crippen LogP contribution in [-0.2, 0) is 0 Å². The summed E-state index contributed by atoms with van der Waals surface area (Å²) in [6.45, 7) is 4.57. The molecule has 3 heteroatoms. The van der Waals surface area contributed by atoms with Crippen LogP contribution in [0.15, 0.2) is 42.5 Å². The van der Waals surface area contributed by atoms with Gasteiger partial charge in [0.15, 0.2) is 0 Å². The molecule has 1 aromatic carbocycles. The van der Waals surface area contributed by atoms with E-state index in [4.69, 9.17) is 11.6 Å². The number of thiophene rings is 1. The molecule has 0 aliphatic carbocycles. The van der Waals surface area contributed by atoms with Crippen LogP contribution in [0.2, 0.25) is 4.34 Å². The number of rotatable bonds is 5. The molecule has 0 saturated heterocycles. The zero-order chi connectivity index (χ0) is 13.8. The van der Waals surface area contributed by atoms with Crippen molar-refractivity contribution in [3.8, 4) is 0 Å². The minimum absolute atomic E-state index is 0.322. The Morgan fingerprint density at radius 3 is 2.37 bits per heavy atom. The van der Waals surface area contributed by atoms with Crippen LogP contribution in [0.1, 0.15) is 41.5 Å². The summed E-state index contributed by atoms with van der Waals surface area (Å²) >= 11 is 11.6. The van der Waals surface area contributed by atoms with E-state index in [2.05, 4.69) is 66.2 Å². The molecule has 1 aromatic heterocycles. The Balaban J connectivity index is 2.33. The van der Waals surface area contributed by atoms with Crippen molar-refractivity contribution in [1.82, 2.24) is 0 Å². The molecule has 0 amide bonds. The Kier molecular flexibility index (Phi) is 5.49. The van der Waals surface area contributed by atoms with E-state index in [0.29, 0.717) is 16.7 Å². The van der Waals surface area contributed by atoms with Crippen molar-refractivity contribution < 1.29 is 0 Å². The van der Waals surface area contributed by atoms with E-state index in [1.54, 1.807) is 11.3 Å². The van der Waals surface area contributed by atoms with Crippen LogP contribution < -0.4 is 0 Å². The third-order valence-corrected chi connectivity index (χ3v) is 6.30. The van der Waals surface area contributed by atoms with Crippen LogP contribution in [0.3, 0.4) is 0 Å². The molecule has 2 aromatic rings. The van der Waals surface area contributed by atoms with Crippen molar-refractivity contribution in [1.29, 1.82) is 0 Å². The average Bonchev–Trinajstić information content (AvgIpc) is 2.86. The quantitative estimate of drug-likeness (QED) is 0.524. The van der Waals surface area contributed by atoms with Crippen LogP contribution in [0, 0.1) is 5.92 Å². The smallest absolute Gasteiger partial charge is 0.0931 e. The Morgan fingerprint density at radius 1 is 1.16 bits per heavy atom. The molecule has 0 radical (unpaired) electrons. The molecule has 0 spiro atoms. The average molecular weight is 358 g/mol. The standard InChI is InChI=1S/C16H18BrClS/c1-3-11(2)15(12-7-5-4-6-8-12)16(17)13-9-10-14(18)19-13/h4-11,15-16H,3H2,1-2H3. The van der Waals surface area contributed by atoms with Crippen molar-refractivity contribution in [3.05, 3.63) is 57.2 Å². The topological polar surface area (TPSA) is 0 Å². The van der Waals surface area contributed by atoms with E-state index < -0.39 is 0 Å². The number of alkyl halides is 1. The van der Waals surface area contributed by atoms with Gasteiger partial charge in [-0.2, -0.15) is 0 Å². The Morgan fingerprint density at radius 2 is 1.84 bits per heavy atom. The summed E-state index contributed by atoms with van der Waals surface area (Å²) in [6.07, 6.45) is 1.17. The second-order valence-corrected chi connectivity index (χ2v) is 7.60. The number of hydrogen-bond acceptors (Lipinski definition) is 1. The molecule has 0 saturated carbocycles. The van der Waals surface area contributed by atoms with E-state index in [0.717, 1.165) is 4.34 Å². The molecular formula is C16H18BrClS. The van der Waals surface area contributed by atoms with Gasteiger partial charge in [-0.15, -0.1) is 11.3 Å². The first kappa shape index (κ1) is 15.1. The molecular weight excluding hydrogens is 340 g/mol. The molecule has 0 nitrogen and oxygen atoms in total. The lowest BCUT2D eigenvalue weighted by Gasteiger charge is -2.28. The molecule has 0 aliphatic heterocycles. The maximum atomic E-state index is 6.07. The monoisotopic (exact) mass is 356 g/mol. The highest BCUT2D eigenvalue weighted by atomic mass is 79.9. The Bertz CT molecular complexity index is 508. The molecule has 3 unspecified atom stereocenters. The van der Waals surface area contributed by atoms with Crippen LogP contribution in [-0.4, -0.2) is 0 Å². The summed E-state index contributed by atoms with van der Waals surface area (Å²) in [6, 6.07) is 14.9. The van der Waals surface area contributed by atoms with Gasteiger partial charge in [0.2, 0.25) is 0 Å². The third-order valence-electron chi connectivity index (χ3n) is 3.62. The Hall–Kier alpha value is -0.310. The van der Waals surface area contributed by atoms with Crippen molar-refractivity contribution >= 4 is 38.9 Å². The lowest BCUT2D eigenvalue weighted by molar-refractivity contribution is 0.442. The fourth-order valence-electron chi connectivity index (χ4n) is 2.37. The Labute approximate surface area is 132 Å². The summed E-state index contributed by atoms with van der Waals surface area (Å²) in [4.78, 5) is 1.63. The van der Waals surface area contributed by atoms with Crippen LogP contribution in [0.5, 0.6) is 0 Å². The van der Waals surface area contributed by atoms with E-state index in [1.807, 2.05) is 6.07 Å². The summed E-state index contributed by atoms with van der Waals surface area (Å²) in [7, 11) is 0. The molecule has 1 heterocycles. The zero-order valence-corrected chi connectivity index (χ0v) is 14.3. The molecule has 0 aliphatic rings. The van der Waals surface area contributed by atoms with Gasteiger partial charge in [0.1, 0.15) is 0 Å². The number of hydrogen-bond donors (Lipinski definition) is 0. The highest BCUT2D eigenvalue weighted by Crippen LogP contribution is 2.46. The number of halogens is 2. The number of benzene rings is 1. The van der Waals surface area contributed by atoms with Gasteiger partial charge in [-0.25, -0.2) is 0 Å². The van der Waals surface area contributed by atoms with E-state index in [-0.39, 0.29) is 0 Å². The molecule has 102 valence electrons. The minimum atomic E-state index is 0.322. The molecule has 2 rings (SSSR count). The first-order chi connectivity index (χ1) is 9.13. The molecule has 0 fully saturated rings. The zero-order valence-electron chi connectivity index (χ0n) is 11.1. The second-order valence-electron chi connectivity index (χ2n) is 4.87. The normalized spacial score (nSPS) is 16.0. The van der Waals surface area contributed by atoms with Gasteiger partial charge >= 0.3 is 0 Å². The van der Waals surface area contributed by atoms with Crippen molar-refractivity contribution in [2.75, 3.05) is 0 Å². The maximum absolute atomic E-state index is 6.07. The van der Waals surface area contributed by atoms with Gasteiger partial charge in [-0.05, 0) is 23.6 Å². The summed E-state index contributed by atoms with van der Waals surface area (Å²) in [5, 5.41) is 0. The van der Waals surface area contributed by atoms with Crippen LogP contribution in [0.25, 0.3) is 0 Å². The van der Waals surface area contributed by atoms with Gasteiger partial charge in [0, 0.05) is 10.8 Å². The highest BCUT2D eigenvalue weighted by Gasteiger charge is 2.27. The van der Waals surface area contributed by atoms with Crippen LogP contribution >= 0.6 is 38.9 Å².